The van der Waals surface area contributed by atoms with Gasteiger partial charge in [-0.2, -0.15) is 5.10 Å². The van der Waals surface area contributed by atoms with Crippen molar-refractivity contribution in [2.45, 2.75) is 32.2 Å². The van der Waals surface area contributed by atoms with Crippen molar-refractivity contribution in [1.29, 1.82) is 0 Å². The van der Waals surface area contributed by atoms with E-state index in [1.165, 1.54) is 0 Å². The van der Waals surface area contributed by atoms with Crippen LogP contribution in [0.1, 0.15) is 43.8 Å². The average Bonchev–Trinajstić information content (AvgIpc) is 3.06. The van der Waals surface area contributed by atoms with Gasteiger partial charge in [0.05, 0.1) is 23.1 Å². The number of carboxylic acid groups (broad SMARTS) is 1. The lowest BCUT2D eigenvalue weighted by Crippen LogP contribution is -2.29. The van der Waals surface area contributed by atoms with E-state index < -0.39 is 12.1 Å². The Balaban J connectivity index is 2.22. The van der Waals surface area contributed by atoms with Crippen LogP contribution in [0.4, 0.5) is 4.79 Å². The Labute approximate surface area is 163 Å². The van der Waals surface area contributed by atoms with E-state index >= 15 is 0 Å². The van der Waals surface area contributed by atoms with Crippen molar-refractivity contribution in [2.24, 2.45) is 0 Å². The molecule has 1 heterocycles. The van der Waals surface area contributed by atoms with Crippen LogP contribution in [-0.2, 0) is 5.41 Å². The summed E-state index contributed by atoms with van der Waals surface area (Å²) in [5, 5.41) is 17.4. The molecule has 0 aliphatic carbocycles. The van der Waals surface area contributed by atoms with Gasteiger partial charge in [-0.05, 0) is 29.8 Å². The summed E-state index contributed by atoms with van der Waals surface area (Å²) in [6.45, 7) is 6.22. The van der Waals surface area contributed by atoms with Crippen molar-refractivity contribution < 1.29 is 9.90 Å². The van der Waals surface area contributed by atoms with Crippen molar-refractivity contribution >= 4 is 17.7 Å². The molecule has 0 spiro atoms. The molecule has 27 heavy (non-hydrogen) atoms. The van der Waals surface area contributed by atoms with Crippen LogP contribution < -0.4 is 5.32 Å². The maximum Gasteiger partial charge on any atom is 0.405 e. The summed E-state index contributed by atoms with van der Waals surface area (Å²) in [6, 6.07) is 18.2. The number of nitrogens with zero attached hydrogens (tertiary/aromatic N) is 2. The minimum absolute atomic E-state index is 0.191. The number of carbonyl (C=O) groups is 1. The molecule has 6 heteroatoms. The third kappa shape index (κ3) is 4.31. The predicted octanol–water partition coefficient (Wildman–Crippen LogP) is 5.18. The largest absolute Gasteiger partial charge is 0.465 e. The summed E-state index contributed by atoms with van der Waals surface area (Å²) >= 11 is 6.17. The lowest BCUT2D eigenvalue weighted by atomic mass is 9.91. The van der Waals surface area contributed by atoms with E-state index in [1.807, 2.05) is 54.6 Å². The lowest BCUT2D eigenvalue weighted by molar-refractivity contribution is 0.191. The van der Waals surface area contributed by atoms with Gasteiger partial charge in [0, 0.05) is 10.4 Å². The number of nitrogens with one attached hydrogen (secondary N) is 1. The van der Waals surface area contributed by atoms with Crippen LogP contribution in [0.2, 0.25) is 5.02 Å². The van der Waals surface area contributed by atoms with Crippen molar-refractivity contribution in [3.8, 4) is 5.69 Å². The van der Waals surface area contributed by atoms with Gasteiger partial charge in [0.15, 0.2) is 0 Å². The molecule has 0 saturated heterocycles. The van der Waals surface area contributed by atoms with E-state index in [2.05, 4.69) is 26.1 Å². The van der Waals surface area contributed by atoms with Gasteiger partial charge in [0.2, 0.25) is 0 Å². The number of hydrogen-bond donors (Lipinski definition) is 2. The number of aromatic nitrogens is 2. The molecule has 0 radical (unpaired) electrons. The highest BCUT2D eigenvalue weighted by molar-refractivity contribution is 6.30. The first-order valence-electron chi connectivity index (χ1n) is 8.66. The summed E-state index contributed by atoms with van der Waals surface area (Å²) in [5.74, 6) is 0. The second-order valence-electron chi connectivity index (χ2n) is 7.39. The molecule has 3 rings (SSSR count). The Bertz CT molecular complexity index is 946. The Morgan fingerprint density at radius 2 is 1.81 bits per heavy atom. The van der Waals surface area contributed by atoms with Gasteiger partial charge in [-0.15, -0.1) is 0 Å². The zero-order valence-corrected chi connectivity index (χ0v) is 16.2. The fourth-order valence-corrected chi connectivity index (χ4v) is 3.06. The molecule has 140 valence electrons. The molecule has 0 saturated carbocycles. The highest BCUT2D eigenvalue weighted by Crippen LogP contribution is 2.30. The van der Waals surface area contributed by atoms with Crippen molar-refractivity contribution in [3.63, 3.8) is 0 Å². The summed E-state index contributed by atoms with van der Waals surface area (Å²) in [7, 11) is 0. The van der Waals surface area contributed by atoms with Gasteiger partial charge in [0.25, 0.3) is 0 Å². The van der Waals surface area contributed by atoms with E-state index in [4.69, 9.17) is 16.7 Å². The Morgan fingerprint density at radius 3 is 2.41 bits per heavy atom. The fraction of sp³-hybridized carbons (Fsp3) is 0.238. The molecule has 0 aliphatic heterocycles. The molecule has 2 aromatic carbocycles. The molecular formula is C21H22ClN3O2. The molecule has 0 bridgehead atoms. The van der Waals surface area contributed by atoms with Crippen LogP contribution >= 0.6 is 11.6 Å². The summed E-state index contributed by atoms with van der Waals surface area (Å²) in [4.78, 5) is 11.5. The van der Waals surface area contributed by atoms with E-state index in [0.717, 1.165) is 22.6 Å². The van der Waals surface area contributed by atoms with Crippen LogP contribution in [-0.4, -0.2) is 21.0 Å². The van der Waals surface area contributed by atoms with Crippen molar-refractivity contribution in [3.05, 3.63) is 82.6 Å². The molecule has 1 amide bonds. The summed E-state index contributed by atoms with van der Waals surface area (Å²) < 4.78 is 1.76. The number of amides is 1. The van der Waals surface area contributed by atoms with Gasteiger partial charge < -0.3 is 10.4 Å². The number of hydrogen-bond acceptors (Lipinski definition) is 2. The molecule has 0 fully saturated rings. The topological polar surface area (TPSA) is 67.2 Å². The second kappa shape index (κ2) is 7.45. The fourth-order valence-electron chi connectivity index (χ4n) is 2.88. The first-order valence-corrected chi connectivity index (χ1v) is 9.04. The van der Waals surface area contributed by atoms with Gasteiger partial charge in [0.1, 0.15) is 0 Å². The average molecular weight is 384 g/mol. The van der Waals surface area contributed by atoms with Gasteiger partial charge in [-0.25, -0.2) is 9.48 Å². The van der Waals surface area contributed by atoms with E-state index in [9.17, 15) is 9.90 Å². The molecule has 1 aromatic heterocycles. The maximum absolute atomic E-state index is 11.5. The highest BCUT2D eigenvalue weighted by atomic mass is 35.5. The van der Waals surface area contributed by atoms with Crippen LogP contribution in [0.15, 0.2) is 60.7 Å². The number of benzene rings is 2. The third-order valence-electron chi connectivity index (χ3n) is 4.25. The Morgan fingerprint density at radius 1 is 1.11 bits per heavy atom. The molecular weight excluding hydrogens is 362 g/mol. The Kier molecular flexibility index (Phi) is 5.24. The zero-order valence-electron chi connectivity index (χ0n) is 15.5. The SMILES string of the molecule is CC(C)(C)c1cc(C(NC(=O)O)c2ccccc2)n(-c2cccc(Cl)c2)n1. The molecule has 3 aromatic rings. The Hall–Kier alpha value is -2.79. The monoisotopic (exact) mass is 383 g/mol. The van der Waals surface area contributed by atoms with Crippen LogP contribution in [0, 0.1) is 0 Å². The quantitative estimate of drug-likeness (QED) is 0.652. The highest BCUT2D eigenvalue weighted by Gasteiger charge is 2.26. The third-order valence-corrected chi connectivity index (χ3v) is 4.49. The number of rotatable bonds is 4. The second-order valence-corrected chi connectivity index (χ2v) is 7.83. The van der Waals surface area contributed by atoms with Gasteiger partial charge >= 0.3 is 6.09 Å². The summed E-state index contributed by atoms with van der Waals surface area (Å²) in [5.41, 5.74) is 3.02. The minimum atomic E-state index is -1.10. The zero-order chi connectivity index (χ0) is 19.6. The van der Waals surface area contributed by atoms with Crippen LogP contribution in [0.5, 0.6) is 0 Å². The first kappa shape index (κ1) is 19.0. The standard InChI is InChI=1S/C21H22ClN3O2/c1-21(2,3)18-13-17(25(24-18)16-11-7-10-15(22)12-16)19(23-20(26)27)14-8-5-4-6-9-14/h4-13,19,23H,1-3H3,(H,26,27). The molecule has 1 atom stereocenters. The molecule has 2 N–H and O–H groups in total. The maximum atomic E-state index is 11.5. The van der Waals surface area contributed by atoms with Gasteiger partial charge in [-0.1, -0.05) is 68.8 Å². The smallest absolute Gasteiger partial charge is 0.405 e. The normalized spacial score (nSPS) is 12.6. The minimum Gasteiger partial charge on any atom is -0.465 e. The van der Waals surface area contributed by atoms with E-state index in [1.54, 1.807) is 10.7 Å². The lowest BCUT2D eigenvalue weighted by Gasteiger charge is -2.19. The van der Waals surface area contributed by atoms with Crippen LogP contribution in [0.3, 0.4) is 0 Å². The van der Waals surface area contributed by atoms with E-state index in [-0.39, 0.29) is 5.41 Å². The first-order chi connectivity index (χ1) is 12.8. The van der Waals surface area contributed by atoms with Crippen LogP contribution in [0.25, 0.3) is 5.69 Å². The summed E-state index contributed by atoms with van der Waals surface area (Å²) in [6.07, 6.45) is -1.10. The van der Waals surface area contributed by atoms with Gasteiger partial charge in [-0.3, -0.25) is 0 Å². The molecule has 1 unspecified atom stereocenters. The van der Waals surface area contributed by atoms with Crippen molar-refractivity contribution in [1.82, 2.24) is 15.1 Å². The molecule has 0 aliphatic rings. The molecule has 5 nitrogen and oxygen atoms in total. The number of halogens is 1. The van der Waals surface area contributed by atoms with Crippen molar-refractivity contribution in [2.75, 3.05) is 0 Å². The van der Waals surface area contributed by atoms with E-state index in [0.29, 0.717) is 5.02 Å². The predicted molar refractivity (Wildman–Crippen MR) is 107 cm³/mol.